The molecule has 1 unspecified atom stereocenters. The number of fused-ring (bicyclic) bond motifs is 1. The van der Waals surface area contributed by atoms with Crippen molar-refractivity contribution in [1.82, 2.24) is 19.9 Å². The summed E-state index contributed by atoms with van der Waals surface area (Å²) >= 11 is 0. The molecule has 2 aromatic rings. The first-order chi connectivity index (χ1) is 8.28. The van der Waals surface area contributed by atoms with Gasteiger partial charge in [-0.2, -0.15) is 9.61 Å². The lowest BCUT2D eigenvalue weighted by molar-refractivity contribution is 0.621. The molecule has 5 heteroatoms. The van der Waals surface area contributed by atoms with Crippen molar-refractivity contribution < 1.29 is 0 Å². The van der Waals surface area contributed by atoms with Gasteiger partial charge in [-0.15, -0.1) is 0 Å². The van der Waals surface area contributed by atoms with E-state index < -0.39 is 0 Å². The van der Waals surface area contributed by atoms with E-state index in [2.05, 4.69) is 26.8 Å². The van der Waals surface area contributed by atoms with Crippen molar-refractivity contribution in [2.45, 2.75) is 25.8 Å². The highest BCUT2D eigenvalue weighted by molar-refractivity contribution is 5.50. The van der Waals surface area contributed by atoms with Crippen molar-refractivity contribution in [3.8, 4) is 0 Å². The highest BCUT2D eigenvalue weighted by Gasteiger charge is 2.20. The first-order valence-corrected chi connectivity index (χ1v) is 6.06. The maximum atomic E-state index is 4.64. The summed E-state index contributed by atoms with van der Waals surface area (Å²) in [5.41, 5.74) is 3.02. The molecule has 90 valence electrons. The molecular formula is C12H17N5. The number of aryl methyl sites for hydroxylation is 1. The van der Waals surface area contributed by atoms with E-state index in [-0.39, 0.29) is 0 Å². The van der Waals surface area contributed by atoms with Gasteiger partial charge in [0.2, 0.25) is 0 Å². The van der Waals surface area contributed by atoms with Crippen LogP contribution in [-0.4, -0.2) is 28.2 Å². The molecule has 1 fully saturated rings. The summed E-state index contributed by atoms with van der Waals surface area (Å²) in [5, 5.41) is 11.3. The van der Waals surface area contributed by atoms with Crippen molar-refractivity contribution in [2.75, 3.05) is 18.9 Å². The number of anilines is 1. The highest BCUT2D eigenvalue weighted by atomic mass is 15.3. The maximum Gasteiger partial charge on any atom is 0.157 e. The third-order valence-corrected chi connectivity index (χ3v) is 3.25. The third kappa shape index (κ3) is 1.76. The molecule has 0 aromatic carbocycles. The first-order valence-electron chi connectivity index (χ1n) is 6.06. The van der Waals surface area contributed by atoms with E-state index in [1.54, 1.807) is 0 Å². The lowest BCUT2D eigenvalue weighted by atomic mass is 10.2. The van der Waals surface area contributed by atoms with E-state index in [1.807, 2.05) is 24.6 Å². The van der Waals surface area contributed by atoms with E-state index in [4.69, 9.17) is 0 Å². The fourth-order valence-electron chi connectivity index (χ4n) is 2.40. The van der Waals surface area contributed by atoms with Gasteiger partial charge in [0.1, 0.15) is 5.82 Å². The van der Waals surface area contributed by atoms with Gasteiger partial charge in [0.15, 0.2) is 5.65 Å². The molecule has 0 aliphatic carbocycles. The van der Waals surface area contributed by atoms with Crippen LogP contribution in [0.2, 0.25) is 0 Å². The van der Waals surface area contributed by atoms with Gasteiger partial charge in [-0.25, -0.2) is 4.98 Å². The van der Waals surface area contributed by atoms with Gasteiger partial charge in [0.05, 0.1) is 11.7 Å². The molecule has 1 saturated heterocycles. The largest absolute Gasteiger partial charge is 0.373 e. The Hall–Kier alpha value is -1.62. The highest BCUT2D eigenvalue weighted by Crippen LogP contribution is 2.23. The average molecular weight is 231 g/mol. The van der Waals surface area contributed by atoms with Crippen molar-refractivity contribution in [2.24, 2.45) is 0 Å². The van der Waals surface area contributed by atoms with Gasteiger partial charge in [-0.05, 0) is 26.3 Å². The Labute approximate surface area is 100 Å². The molecule has 2 N–H and O–H groups in total. The lowest BCUT2D eigenvalue weighted by Crippen LogP contribution is -2.13. The first kappa shape index (κ1) is 10.5. The van der Waals surface area contributed by atoms with Crippen LogP contribution in [-0.2, 0) is 0 Å². The predicted octanol–water partition coefficient (Wildman–Crippen LogP) is 1.50. The molecule has 2 aromatic heterocycles. The topological polar surface area (TPSA) is 54.2 Å². The second kappa shape index (κ2) is 4.00. The van der Waals surface area contributed by atoms with Crippen LogP contribution in [0.3, 0.4) is 0 Å². The molecule has 0 bridgehead atoms. The van der Waals surface area contributed by atoms with Crippen LogP contribution in [0.1, 0.15) is 30.3 Å². The van der Waals surface area contributed by atoms with Gasteiger partial charge in [0.25, 0.3) is 0 Å². The molecule has 3 rings (SSSR count). The molecule has 0 saturated carbocycles. The zero-order valence-electron chi connectivity index (χ0n) is 10.2. The second-order valence-electron chi connectivity index (χ2n) is 4.52. The van der Waals surface area contributed by atoms with Crippen molar-refractivity contribution in [3.63, 3.8) is 0 Å². The Morgan fingerprint density at radius 1 is 1.47 bits per heavy atom. The van der Waals surface area contributed by atoms with Crippen LogP contribution in [0.5, 0.6) is 0 Å². The summed E-state index contributed by atoms with van der Waals surface area (Å²) < 4.78 is 1.88. The summed E-state index contributed by atoms with van der Waals surface area (Å²) in [7, 11) is 1.91. The Morgan fingerprint density at radius 2 is 2.35 bits per heavy atom. The SMILES string of the molecule is CNc1cc(C)nc2cc(C3CCCN3)nn12. The summed E-state index contributed by atoms with van der Waals surface area (Å²) in [4.78, 5) is 4.51. The van der Waals surface area contributed by atoms with Crippen LogP contribution in [0.25, 0.3) is 5.65 Å². The number of hydrogen-bond acceptors (Lipinski definition) is 4. The number of hydrogen-bond donors (Lipinski definition) is 2. The van der Waals surface area contributed by atoms with Crippen molar-refractivity contribution >= 4 is 11.5 Å². The minimum atomic E-state index is 0.390. The number of aromatic nitrogens is 3. The summed E-state index contributed by atoms with van der Waals surface area (Å²) in [6.45, 7) is 3.09. The maximum absolute atomic E-state index is 4.64. The van der Waals surface area contributed by atoms with E-state index in [0.717, 1.165) is 35.8 Å². The Balaban J connectivity index is 2.11. The van der Waals surface area contributed by atoms with Gasteiger partial charge in [-0.1, -0.05) is 0 Å². The number of nitrogens with one attached hydrogen (secondary N) is 2. The van der Waals surface area contributed by atoms with Gasteiger partial charge >= 0.3 is 0 Å². The van der Waals surface area contributed by atoms with Crippen LogP contribution in [0, 0.1) is 6.92 Å². The average Bonchev–Trinajstić information content (AvgIpc) is 2.95. The molecule has 0 radical (unpaired) electrons. The molecule has 3 heterocycles. The number of nitrogens with zero attached hydrogens (tertiary/aromatic N) is 3. The van der Waals surface area contributed by atoms with Crippen LogP contribution < -0.4 is 10.6 Å². The molecule has 1 atom stereocenters. The zero-order chi connectivity index (χ0) is 11.8. The van der Waals surface area contributed by atoms with Gasteiger partial charge < -0.3 is 10.6 Å². The number of rotatable bonds is 2. The normalized spacial score (nSPS) is 20.0. The standard InChI is InChI=1S/C12H17N5/c1-8-6-11(13-2)17-12(15-8)7-10(16-17)9-4-3-5-14-9/h6-7,9,13-14H,3-5H2,1-2H3. The summed E-state index contributed by atoms with van der Waals surface area (Å²) in [6.07, 6.45) is 2.39. The third-order valence-electron chi connectivity index (χ3n) is 3.25. The van der Waals surface area contributed by atoms with E-state index >= 15 is 0 Å². The van der Waals surface area contributed by atoms with Crippen molar-refractivity contribution in [3.05, 3.63) is 23.5 Å². The quantitative estimate of drug-likeness (QED) is 0.822. The molecule has 17 heavy (non-hydrogen) atoms. The van der Waals surface area contributed by atoms with Gasteiger partial charge in [0, 0.05) is 24.9 Å². The van der Waals surface area contributed by atoms with E-state index in [0.29, 0.717) is 6.04 Å². The molecule has 0 spiro atoms. The molecular weight excluding hydrogens is 214 g/mol. The van der Waals surface area contributed by atoms with E-state index in [9.17, 15) is 0 Å². The molecule has 1 aliphatic heterocycles. The molecule has 5 nitrogen and oxygen atoms in total. The zero-order valence-corrected chi connectivity index (χ0v) is 10.2. The minimum Gasteiger partial charge on any atom is -0.373 e. The Kier molecular flexibility index (Phi) is 2.48. The van der Waals surface area contributed by atoms with Crippen LogP contribution in [0.15, 0.2) is 12.1 Å². The lowest BCUT2D eigenvalue weighted by Gasteiger charge is -2.05. The predicted molar refractivity (Wildman–Crippen MR) is 67.2 cm³/mol. The van der Waals surface area contributed by atoms with E-state index in [1.165, 1.54) is 6.42 Å². The van der Waals surface area contributed by atoms with Crippen LogP contribution in [0.4, 0.5) is 5.82 Å². The summed E-state index contributed by atoms with van der Waals surface area (Å²) in [6, 6.07) is 4.48. The fourth-order valence-corrected chi connectivity index (χ4v) is 2.40. The van der Waals surface area contributed by atoms with Crippen LogP contribution >= 0.6 is 0 Å². The smallest absolute Gasteiger partial charge is 0.157 e. The Bertz CT molecular complexity index is 539. The molecule has 1 aliphatic rings. The Morgan fingerprint density at radius 3 is 3.06 bits per heavy atom. The minimum absolute atomic E-state index is 0.390. The monoisotopic (exact) mass is 231 g/mol. The summed E-state index contributed by atoms with van der Waals surface area (Å²) in [5.74, 6) is 0.983. The molecule has 0 amide bonds. The van der Waals surface area contributed by atoms with Gasteiger partial charge in [-0.3, -0.25) is 0 Å². The fraction of sp³-hybridized carbons (Fsp3) is 0.500. The van der Waals surface area contributed by atoms with Crippen molar-refractivity contribution in [1.29, 1.82) is 0 Å². The second-order valence-corrected chi connectivity index (χ2v) is 4.52.